The molecule has 7 heteroatoms. The van der Waals surface area contributed by atoms with Crippen LogP contribution in [-0.4, -0.2) is 18.4 Å². The fourth-order valence-electron chi connectivity index (χ4n) is 1.68. The van der Waals surface area contributed by atoms with Crippen LogP contribution >= 0.6 is 11.6 Å². The highest BCUT2D eigenvalue weighted by atomic mass is 35.5. The number of hydrogen-bond acceptors (Lipinski definition) is 2. The molecule has 1 aromatic rings. The Morgan fingerprint density at radius 2 is 2.17 bits per heavy atom. The van der Waals surface area contributed by atoms with Crippen LogP contribution in [0.3, 0.4) is 0 Å². The summed E-state index contributed by atoms with van der Waals surface area (Å²) in [7, 11) is 0. The number of carbonyl (C=O) groups excluding carboxylic acids is 2. The highest BCUT2D eigenvalue weighted by molar-refractivity contribution is 6.33. The van der Waals surface area contributed by atoms with Gasteiger partial charge in [0.1, 0.15) is 5.82 Å². The second kappa shape index (κ2) is 4.89. The van der Waals surface area contributed by atoms with Crippen molar-refractivity contribution in [3.05, 3.63) is 28.8 Å². The lowest BCUT2D eigenvalue weighted by Crippen LogP contribution is -2.25. The van der Waals surface area contributed by atoms with Gasteiger partial charge >= 0.3 is 0 Å². The van der Waals surface area contributed by atoms with Crippen molar-refractivity contribution in [2.75, 3.05) is 11.9 Å². The number of anilines is 1. The van der Waals surface area contributed by atoms with E-state index in [1.54, 1.807) is 0 Å². The van der Waals surface area contributed by atoms with Crippen LogP contribution in [-0.2, 0) is 9.59 Å². The average Bonchev–Trinajstić information content (AvgIpc) is 2.70. The molecular weight excluding hydrogens is 266 g/mol. The van der Waals surface area contributed by atoms with Crippen LogP contribution in [0.1, 0.15) is 6.42 Å². The molecule has 1 saturated heterocycles. The minimum absolute atomic E-state index is 0.0479. The number of hydrogen-bond donors (Lipinski definition) is 2. The molecule has 1 atom stereocenters. The molecule has 96 valence electrons. The van der Waals surface area contributed by atoms with E-state index < -0.39 is 23.5 Å². The number of carbonyl (C=O) groups is 2. The summed E-state index contributed by atoms with van der Waals surface area (Å²) in [6, 6.07) is 1.53. The van der Waals surface area contributed by atoms with E-state index in [4.69, 9.17) is 11.6 Å². The van der Waals surface area contributed by atoms with E-state index in [1.807, 2.05) is 0 Å². The van der Waals surface area contributed by atoms with Crippen LogP contribution in [0.4, 0.5) is 14.5 Å². The molecule has 1 aliphatic heterocycles. The van der Waals surface area contributed by atoms with E-state index in [1.165, 1.54) is 0 Å². The Morgan fingerprint density at radius 1 is 1.44 bits per heavy atom. The van der Waals surface area contributed by atoms with Crippen molar-refractivity contribution in [3.8, 4) is 0 Å². The molecule has 0 saturated carbocycles. The number of benzene rings is 1. The van der Waals surface area contributed by atoms with Gasteiger partial charge in [0.25, 0.3) is 0 Å². The third kappa shape index (κ3) is 2.59. The monoisotopic (exact) mass is 274 g/mol. The van der Waals surface area contributed by atoms with Gasteiger partial charge in [-0.2, -0.15) is 0 Å². The van der Waals surface area contributed by atoms with Crippen LogP contribution in [0.2, 0.25) is 5.02 Å². The lowest BCUT2D eigenvalue weighted by Gasteiger charge is -2.11. The molecule has 0 aromatic heterocycles. The minimum atomic E-state index is -0.953. The van der Waals surface area contributed by atoms with Gasteiger partial charge in [-0.3, -0.25) is 9.59 Å². The maximum absolute atomic E-state index is 13.4. The zero-order valence-corrected chi connectivity index (χ0v) is 9.85. The van der Waals surface area contributed by atoms with Crippen molar-refractivity contribution >= 4 is 29.1 Å². The van der Waals surface area contributed by atoms with Crippen molar-refractivity contribution in [2.45, 2.75) is 6.42 Å². The summed E-state index contributed by atoms with van der Waals surface area (Å²) in [4.78, 5) is 22.7. The van der Waals surface area contributed by atoms with Crippen LogP contribution in [0.15, 0.2) is 12.1 Å². The highest BCUT2D eigenvalue weighted by Crippen LogP contribution is 2.27. The molecule has 18 heavy (non-hydrogen) atoms. The number of halogens is 3. The summed E-state index contributed by atoms with van der Waals surface area (Å²) < 4.78 is 26.2. The average molecular weight is 275 g/mol. The maximum atomic E-state index is 13.4. The fourth-order valence-corrected chi connectivity index (χ4v) is 1.92. The molecule has 0 bridgehead atoms. The van der Waals surface area contributed by atoms with Crippen LogP contribution in [0.25, 0.3) is 0 Å². The first kappa shape index (κ1) is 12.8. The van der Waals surface area contributed by atoms with Crippen molar-refractivity contribution in [1.29, 1.82) is 0 Å². The zero-order chi connectivity index (χ0) is 13.3. The third-order valence-electron chi connectivity index (χ3n) is 2.60. The number of rotatable bonds is 2. The Labute approximate surface area is 106 Å². The quantitative estimate of drug-likeness (QED) is 0.862. The Bertz CT molecular complexity index is 499. The fraction of sp³-hybridized carbons (Fsp3) is 0.273. The van der Waals surface area contributed by atoms with Gasteiger partial charge in [0.2, 0.25) is 11.8 Å². The Morgan fingerprint density at radius 3 is 2.72 bits per heavy atom. The molecule has 1 aromatic carbocycles. The molecule has 0 radical (unpaired) electrons. The van der Waals surface area contributed by atoms with Gasteiger partial charge in [-0.1, -0.05) is 11.6 Å². The minimum Gasteiger partial charge on any atom is -0.355 e. The van der Waals surface area contributed by atoms with Gasteiger partial charge in [0.15, 0.2) is 5.82 Å². The number of nitrogens with one attached hydrogen (secondary N) is 2. The van der Waals surface area contributed by atoms with Gasteiger partial charge in [-0.25, -0.2) is 8.78 Å². The van der Waals surface area contributed by atoms with Crippen LogP contribution < -0.4 is 10.6 Å². The summed E-state index contributed by atoms with van der Waals surface area (Å²) in [5, 5.41) is 4.53. The first-order valence-corrected chi connectivity index (χ1v) is 5.57. The van der Waals surface area contributed by atoms with Gasteiger partial charge < -0.3 is 10.6 Å². The normalized spacial score (nSPS) is 18.6. The van der Waals surface area contributed by atoms with Crippen molar-refractivity contribution in [3.63, 3.8) is 0 Å². The molecule has 4 nitrogen and oxygen atoms in total. The predicted octanol–water partition coefficient (Wildman–Crippen LogP) is 1.69. The van der Waals surface area contributed by atoms with Gasteiger partial charge in [-0.05, 0) is 6.07 Å². The second-order valence-electron chi connectivity index (χ2n) is 3.94. The Kier molecular flexibility index (Phi) is 3.47. The van der Waals surface area contributed by atoms with Crippen molar-refractivity contribution in [1.82, 2.24) is 5.32 Å². The lowest BCUT2D eigenvalue weighted by molar-refractivity contribution is -0.123. The van der Waals surface area contributed by atoms with Crippen molar-refractivity contribution in [2.24, 2.45) is 5.92 Å². The summed E-state index contributed by atoms with van der Waals surface area (Å²) in [5.74, 6) is -3.11. The van der Waals surface area contributed by atoms with Gasteiger partial charge in [0, 0.05) is 19.0 Å². The van der Waals surface area contributed by atoms with Crippen LogP contribution in [0.5, 0.6) is 0 Å². The summed E-state index contributed by atoms with van der Waals surface area (Å²) in [5.41, 5.74) is -0.276. The van der Waals surface area contributed by atoms with E-state index in [0.717, 1.165) is 6.07 Å². The largest absolute Gasteiger partial charge is 0.355 e. The zero-order valence-electron chi connectivity index (χ0n) is 9.10. The van der Waals surface area contributed by atoms with E-state index >= 15 is 0 Å². The van der Waals surface area contributed by atoms with E-state index in [-0.39, 0.29) is 29.6 Å². The van der Waals surface area contributed by atoms with E-state index in [2.05, 4.69) is 10.6 Å². The second-order valence-corrected chi connectivity index (χ2v) is 4.35. The topological polar surface area (TPSA) is 58.2 Å². The molecule has 2 amide bonds. The summed E-state index contributed by atoms with van der Waals surface area (Å²) in [6.07, 6.45) is 0.0479. The molecule has 1 fully saturated rings. The molecule has 0 aliphatic carbocycles. The highest BCUT2D eigenvalue weighted by Gasteiger charge is 2.28. The molecule has 1 aliphatic rings. The Balaban J connectivity index is 2.14. The first-order valence-electron chi connectivity index (χ1n) is 5.19. The molecule has 1 unspecified atom stereocenters. The summed E-state index contributed by atoms with van der Waals surface area (Å²) in [6.45, 7) is 0.200. The summed E-state index contributed by atoms with van der Waals surface area (Å²) >= 11 is 5.64. The smallest absolute Gasteiger partial charge is 0.229 e. The maximum Gasteiger partial charge on any atom is 0.229 e. The van der Waals surface area contributed by atoms with Crippen molar-refractivity contribution < 1.29 is 18.4 Å². The SMILES string of the molecule is O=C1CC(C(=O)Nc2c(F)cc(F)cc2Cl)CN1. The molecule has 0 spiro atoms. The van der Waals surface area contributed by atoms with Crippen LogP contribution in [0, 0.1) is 17.6 Å². The van der Waals surface area contributed by atoms with Gasteiger partial charge in [-0.15, -0.1) is 0 Å². The Hall–Kier alpha value is -1.69. The lowest BCUT2D eigenvalue weighted by atomic mass is 10.1. The standard InChI is InChI=1S/C11H9ClF2N2O2/c12-7-2-6(13)3-8(14)10(7)16-11(18)5-1-9(17)15-4-5/h2-3,5H,1,4H2,(H,15,17)(H,16,18). The first-order chi connectivity index (χ1) is 8.47. The van der Waals surface area contributed by atoms with E-state index in [0.29, 0.717) is 6.07 Å². The molecule has 2 rings (SSSR count). The number of amides is 2. The van der Waals surface area contributed by atoms with Gasteiger partial charge in [0.05, 0.1) is 16.6 Å². The predicted molar refractivity (Wildman–Crippen MR) is 61.1 cm³/mol. The third-order valence-corrected chi connectivity index (χ3v) is 2.90. The van der Waals surface area contributed by atoms with E-state index in [9.17, 15) is 18.4 Å². The molecule has 1 heterocycles. The molecule has 2 N–H and O–H groups in total. The molecular formula is C11H9ClF2N2O2.